The molecule has 0 fully saturated rings. The summed E-state index contributed by atoms with van der Waals surface area (Å²) in [5, 5.41) is 0. The van der Waals surface area contributed by atoms with E-state index in [-0.39, 0.29) is 28.0 Å². The third-order valence-electron chi connectivity index (χ3n) is 4.92. The summed E-state index contributed by atoms with van der Waals surface area (Å²) in [6.45, 7) is 0.113. The summed E-state index contributed by atoms with van der Waals surface area (Å²) in [5.41, 5.74) is 2.05. The SMILES string of the molecule is O=c1[nH]c2ccc(S(=O)(=O)NC[C@H](Cc3ccccc3F)c3ccccc3)cc2s1. The Kier molecular flexibility index (Phi) is 5.80. The zero-order valence-corrected chi connectivity index (χ0v) is 17.5. The van der Waals surface area contributed by atoms with Crippen LogP contribution < -0.4 is 9.60 Å². The summed E-state index contributed by atoms with van der Waals surface area (Å²) in [6, 6.07) is 20.5. The van der Waals surface area contributed by atoms with Crippen molar-refractivity contribution in [1.29, 1.82) is 0 Å². The first-order valence-corrected chi connectivity index (χ1v) is 11.6. The van der Waals surface area contributed by atoms with Gasteiger partial charge in [0.25, 0.3) is 0 Å². The molecule has 30 heavy (non-hydrogen) atoms. The van der Waals surface area contributed by atoms with Crippen molar-refractivity contribution in [2.24, 2.45) is 0 Å². The quantitative estimate of drug-likeness (QED) is 0.454. The topological polar surface area (TPSA) is 79.0 Å². The molecule has 154 valence electrons. The Morgan fingerprint density at radius 3 is 2.50 bits per heavy atom. The Morgan fingerprint density at radius 2 is 1.73 bits per heavy atom. The third kappa shape index (κ3) is 4.51. The minimum absolute atomic E-state index is 0.0861. The molecule has 0 amide bonds. The van der Waals surface area contributed by atoms with E-state index in [0.29, 0.717) is 22.2 Å². The maximum atomic E-state index is 14.2. The van der Waals surface area contributed by atoms with E-state index in [4.69, 9.17) is 0 Å². The fraction of sp³-hybridized carbons (Fsp3) is 0.136. The molecule has 3 aromatic carbocycles. The van der Waals surface area contributed by atoms with Gasteiger partial charge in [-0.15, -0.1) is 0 Å². The molecule has 0 aliphatic carbocycles. The Hall–Kier alpha value is -2.81. The number of fused-ring (bicyclic) bond motifs is 1. The maximum absolute atomic E-state index is 14.2. The number of H-pyrrole nitrogens is 1. The highest BCUT2D eigenvalue weighted by Gasteiger charge is 2.20. The van der Waals surface area contributed by atoms with E-state index in [9.17, 15) is 17.6 Å². The molecule has 4 rings (SSSR count). The minimum Gasteiger partial charge on any atom is -0.312 e. The van der Waals surface area contributed by atoms with Gasteiger partial charge in [0.2, 0.25) is 10.0 Å². The fourth-order valence-electron chi connectivity index (χ4n) is 3.35. The van der Waals surface area contributed by atoms with Crippen LogP contribution >= 0.6 is 11.3 Å². The second-order valence-corrected chi connectivity index (χ2v) is 9.71. The molecular weight excluding hydrogens is 423 g/mol. The van der Waals surface area contributed by atoms with Crippen LogP contribution in [0.3, 0.4) is 0 Å². The molecule has 0 spiro atoms. The smallest absolute Gasteiger partial charge is 0.305 e. The lowest BCUT2D eigenvalue weighted by Crippen LogP contribution is -2.29. The summed E-state index contributed by atoms with van der Waals surface area (Å²) in [4.78, 5) is 14.0. The molecule has 5 nitrogen and oxygen atoms in total. The van der Waals surface area contributed by atoms with Crippen LogP contribution in [0.15, 0.2) is 82.5 Å². The molecule has 0 aliphatic heterocycles. The van der Waals surface area contributed by atoms with E-state index in [2.05, 4.69) is 9.71 Å². The lowest BCUT2D eigenvalue weighted by molar-refractivity contribution is 0.560. The van der Waals surface area contributed by atoms with E-state index >= 15 is 0 Å². The van der Waals surface area contributed by atoms with Gasteiger partial charge in [0.1, 0.15) is 5.82 Å². The lowest BCUT2D eigenvalue weighted by atomic mass is 9.92. The predicted molar refractivity (Wildman–Crippen MR) is 117 cm³/mol. The molecule has 1 heterocycles. The summed E-state index contributed by atoms with van der Waals surface area (Å²) < 4.78 is 43.2. The first kappa shape index (κ1) is 20.5. The van der Waals surface area contributed by atoms with Crippen molar-refractivity contribution in [2.75, 3.05) is 6.54 Å². The number of sulfonamides is 1. The predicted octanol–water partition coefficient (Wildman–Crippen LogP) is 4.03. The molecule has 0 bridgehead atoms. The molecule has 8 heteroatoms. The van der Waals surface area contributed by atoms with Crippen molar-refractivity contribution in [2.45, 2.75) is 17.2 Å². The molecule has 0 radical (unpaired) electrons. The Balaban J connectivity index is 1.59. The normalized spacial score (nSPS) is 12.8. The number of hydrogen-bond donors (Lipinski definition) is 2. The summed E-state index contributed by atoms with van der Waals surface area (Å²) in [7, 11) is -3.80. The fourth-order valence-corrected chi connectivity index (χ4v) is 5.31. The van der Waals surface area contributed by atoms with E-state index < -0.39 is 10.0 Å². The van der Waals surface area contributed by atoms with E-state index in [1.54, 1.807) is 24.3 Å². The summed E-state index contributed by atoms with van der Waals surface area (Å²) in [6.07, 6.45) is 0.359. The van der Waals surface area contributed by atoms with Crippen LogP contribution in [0.2, 0.25) is 0 Å². The van der Waals surface area contributed by atoms with Gasteiger partial charge in [-0.05, 0) is 41.8 Å². The van der Waals surface area contributed by atoms with E-state index in [1.807, 2.05) is 30.3 Å². The van der Waals surface area contributed by atoms with Crippen LogP contribution in [-0.2, 0) is 16.4 Å². The molecule has 1 aromatic heterocycles. The number of halogens is 1. The molecule has 4 aromatic rings. The minimum atomic E-state index is -3.80. The number of nitrogens with one attached hydrogen (secondary N) is 2. The molecule has 0 saturated carbocycles. The van der Waals surface area contributed by atoms with Crippen LogP contribution in [0.25, 0.3) is 10.2 Å². The average molecular weight is 443 g/mol. The molecule has 2 N–H and O–H groups in total. The average Bonchev–Trinajstić information content (AvgIpc) is 3.12. The van der Waals surface area contributed by atoms with Gasteiger partial charge in [-0.25, -0.2) is 17.5 Å². The standard InChI is InChI=1S/C22H19FN2O3S2/c23-19-9-5-4-8-16(19)12-17(15-6-2-1-3-7-15)14-24-30(27,28)18-10-11-20-21(13-18)29-22(26)25-20/h1-11,13,17,24H,12,14H2,(H,25,26)/t17-/m0/s1. The highest BCUT2D eigenvalue weighted by Crippen LogP contribution is 2.24. The van der Waals surface area contributed by atoms with E-state index in [1.165, 1.54) is 18.2 Å². The van der Waals surface area contributed by atoms with Crippen molar-refractivity contribution in [3.63, 3.8) is 0 Å². The molecular formula is C22H19FN2O3S2. The maximum Gasteiger partial charge on any atom is 0.305 e. The largest absolute Gasteiger partial charge is 0.312 e. The summed E-state index contributed by atoms with van der Waals surface area (Å²) in [5.74, 6) is -0.556. The second kappa shape index (κ2) is 8.51. The number of aromatic nitrogens is 1. The number of benzene rings is 3. The highest BCUT2D eigenvalue weighted by molar-refractivity contribution is 7.89. The van der Waals surface area contributed by atoms with Gasteiger partial charge in [0.05, 0.1) is 15.1 Å². The Bertz CT molecular complexity index is 1330. The van der Waals surface area contributed by atoms with Gasteiger partial charge in [-0.1, -0.05) is 59.9 Å². The monoisotopic (exact) mass is 442 g/mol. The van der Waals surface area contributed by atoms with Crippen molar-refractivity contribution < 1.29 is 12.8 Å². The van der Waals surface area contributed by atoms with Gasteiger partial charge >= 0.3 is 4.87 Å². The van der Waals surface area contributed by atoms with Gasteiger partial charge in [-0.2, -0.15) is 0 Å². The van der Waals surface area contributed by atoms with Gasteiger partial charge in [0.15, 0.2) is 0 Å². The lowest BCUT2D eigenvalue weighted by Gasteiger charge is -2.19. The molecule has 0 saturated heterocycles. The first-order chi connectivity index (χ1) is 14.4. The van der Waals surface area contributed by atoms with Crippen LogP contribution in [0.4, 0.5) is 4.39 Å². The van der Waals surface area contributed by atoms with Crippen LogP contribution in [0.5, 0.6) is 0 Å². The molecule has 0 aliphatic rings. The number of hydrogen-bond acceptors (Lipinski definition) is 4. The second-order valence-electron chi connectivity index (χ2n) is 6.93. The van der Waals surface area contributed by atoms with Crippen molar-refractivity contribution in [3.05, 3.63) is 99.4 Å². The number of rotatable bonds is 7. The molecule has 1 atom stereocenters. The van der Waals surface area contributed by atoms with Crippen LogP contribution in [0, 0.1) is 5.82 Å². The highest BCUT2D eigenvalue weighted by atomic mass is 32.2. The van der Waals surface area contributed by atoms with Crippen LogP contribution in [0.1, 0.15) is 17.0 Å². The summed E-state index contributed by atoms with van der Waals surface area (Å²) >= 11 is 0.962. The first-order valence-electron chi connectivity index (χ1n) is 9.33. The number of thiazole rings is 1. The number of aromatic amines is 1. The van der Waals surface area contributed by atoms with Crippen molar-refractivity contribution >= 4 is 31.6 Å². The van der Waals surface area contributed by atoms with Gasteiger partial charge in [-0.3, -0.25) is 4.79 Å². The third-order valence-corrected chi connectivity index (χ3v) is 7.18. The Morgan fingerprint density at radius 1 is 1.00 bits per heavy atom. The van der Waals surface area contributed by atoms with Gasteiger partial charge in [0, 0.05) is 12.5 Å². The van der Waals surface area contributed by atoms with Crippen molar-refractivity contribution in [1.82, 2.24) is 9.71 Å². The van der Waals surface area contributed by atoms with Crippen LogP contribution in [-0.4, -0.2) is 19.9 Å². The zero-order chi connectivity index (χ0) is 21.1. The Labute approximate surface area is 177 Å². The molecule has 0 unspecified atom stereocenters. The van der Waals surface area contributed by atoms with Gasteiger partial charge < -0.3 is 4.98 Å². The zero-order valence-electron chi connectivity index (χ0n) is 15.8. The van der Waals surface area contributed by atoms with E-state index in [0.717, 1.165) is 16.9 Å². The van der Waals surface area contributed by atoms with Crippen molar-refractivity contribution in [3.8, 4) is 0 Å².